The number of H-pyrrole nitrogens is 1. The van der Waals surface area contributed by atoms with E-state index >= 15 is 0 Å². The third-order valence-corrected chi connectivity index (χ3v) is 4.74. The highest BCUT2D eigenvalue weighted by molar-refractivity contribution is 7.99. The summed E-state index contributed by atoms with van der Waals surface area (Å²) in [7, 11) is 0. The van der Waals surface area contributed by atoms with Gasteiger partial charge in [0.2, 0.25) is 5.91 Å². The fourth-order valence-corrected chi connectivity index (χ4v) is 3.38. The fourth-order valence-electron chi connectivity index (χ4n) is 2.45. The largest absolute Gasteiger partial charge is 0.333 e. The molecule has 1 N–H and O–H groups in total. The van der Waals surface area contributed by atoms with Gasteiger partial charge < -0.3 is 9.88 Å². The van der Waals surface area contributed by atoms with Crippen LogP contribution in [-0.4, -0.2) is 28.2 Å². The summed E-state index contributed by atoms with van der Waals surface area (Å²) in [6.07, 6.45) is 0.119. The Morgan fingerprint density at radius 1 is 1.35 bits per heavy atom. The number of hydrogen-bond donors (Lipinski definition) is 1. The zero-order valence-corrected chi connectivity index (χ0v) is 15.1. The number of nitriles is 1. The number of carbonyl (C=O) groups excluding carboxylic acids is 1. The molecule has 0 aliphatic carbocycles. The number of imidazole rings is 1. The van der Waals surface area contributed by atoms with Gasteiger partial charge in [-0.2, -0.15) is 5.26 Å². The molecule has 1 amide bonds. The first-order valence-corrected chi connectivity index (χ1v) is 9.15. The van der Waals surface area contributed by atoms with Crippen LogP contribution in [0.2, 0.25) is 5.02 Å². The smallest absolute Gasteiger partial charge is 0.237 e. The summed E-state index contributed by atoms with van der Waals surface area (Å²) in [5.74, 6) is -0.733. The molecular formula is C18H14ClFN4OS. The molecule has 0 radical (unpaired) electrons. The lowest BCUT2D eigenvalue weighted by atomic mass is 10.2. The first-order valence-electron chi connectivity index (χ1n) is 7.78. The van der Waals surface area contributed by atoms with E-state index in [2.05, 4.69) is 9.97 Å². The number of hydrogen-bond acceptors (Lipinski definition) is 4. The van der Waals surface area contributed by atoms with Crippen LogP contribution >= 0.6 is 23.4 Å². The van der Waals surface area contributed by atoms with Crippen LogP contribution in [0.4, 0.5) is 10.1 Å². The van der Waals surface area contributed by atoms with Crippen molar-refractivity contribution in [1.29, 1.82) is 5.26 Å². The summed E-state index contributed by atoms with van der Waals surface area (Å²) >= 11 is 7.17. The van der Waals surface area contributed by atoms with Gasteiger partial charge in [-0.25, -0.2) is 9.37 Å². The minimum absolute atomic E-state index is 0.0628. The van der Waals surface area contributed by atoms with Crippen LogP contribution in [0.1, 0.15) is 6.42 Å². The second-order valence-corrected chi connectivity index (χ2v) is 6.80. The van der Waals surface area contributed by atoms with Crippen molar-refractivity contribution in [2.75, 3.05) is 17.2 Å². The maximum Gasteiger partial charge on any atom is 0.237 e. The second-order valence-electron chi connectivity index (χ2n) is 5.40. The van der Waals surface area contributed by atoms with Gasteiger partial charge in [0.1, 0.15) is 5.82 Å². The quantitative estimate of drug-likeness (QED) is 0.635. The summed E-state index contributed by atoms with van der Waals surface area (Å²) in [6.45, 7) is 0.132. The maximum atomic E-state index is 14.1. The number of rotatable bonds is 6. The van der Waals surface area contributed by atoms with Gasteiger partial charge in [0.15, 0.2) is 5.16 Å². The van der Waals surface area contributed by atoms with Crippen LogP contribution < -0.4 is 4.90 Å². The van der Waals surface area contributed by atoms with Crippen molar-refractivity contribution in [1.82, 2.24) is 9.97 Å². The third kappa shape index (κ3) is 4.15. The van der Waals surface area contributed by atoms with Gasteiger partial charge in [-0.05, 0) is 30.3 Å². The Balaban J connectivity index is 1.74. The number of nitrogens with one attached hydrogen (secondary N) is 1. The van der Waals surface area contributed by atoms with Crippen molar-refractivity contribution >= 4 is 46.0 Å². The minimum atomic E-state index is -0.498. The van der Waals surface area contributed by atoms with Crippen LogP contribution in [0.3, 0.4) is 0 Å². The van der Waals surface area contributed by atoms with E-state index < -0.39 is 5.82 Å². The molecule has 0 fully saturated rings. The number of thioether (sulfide) groups is 1. The first kappa shape index (κ1) is 18.2. The molecule has 132 valence electrons. The molecule has 3 rings (SSSR count). The number of aromatic amines is 1. The van der Waals surface area contributed by atoms with E-state index in [0.717, 1.165) is 11.0 Å². The van der Waals surface area contributed by atoms with Gasteiger partial charge in [0.05, 0.1) is 35.0 Å². The number of fused-ring (bicyclic) bond motifs is 1. The SMILES string of the molecule is N#CCCN(C(=O)CSc1nc2ccc(Cl)cc2[nH]1)c1ccccc1F. The van der Waals surface area contributed by atoms with E-state index in [4.69, 9.17) is 16.9 Å². The molecule has 0 aliphatic heterocycles. The molecule has 0 saturated heterocycles. The summed E-state index contributed by atoms with van der Waals surface area (Å²) in [5, 5.41) is 9.98. The molecule has 1 heterocycles. The molecular weight excluding hydrogens is 375 g/mol. The van der Waals surface area contributed by atoms with Crippen molar-refractivity contribution in [3.63, 3.8) is 0 Å². The minimum Gasteiger partial charge on any atom is -0.333 e. The van der Waals surface area contributed by atoms with Crippen molar-refractivity contribution in [3.8, 4) is 6.07 Å². The summed E-state index contributed by atoms with van der Waals surface area (Å²) in [4.78, 5) is 21.4. The number of para-hydroxylation sites is 1. The van der Waals surface area contributed by atoms with E-state index in [-0.39, 0.29) is 30.3 Å². The fraction of sp³-hybridized carbons (Fsp3) is 0.167. The molecule has 8 heteroatoms. The van der Waals surface area contributed by atoms with Crippen molar-refractivity contribution in [2.45, 2.75) is 11.6 Å². The number of amides is 1. The van der Waals surface area contributed by atoms with E-state index in [9.17, 15) is 9.18 Å². The molecule has 0 atom stereocenters. The monoisotopic (exact) mass is 388 g/mol. The average Bonchev–Trinajstić information content (AvgIpc) is 3.03. The normalized spacial score (nSPS) is 10.7. The number of anilines is 1. The lowest BCUT2D eigenvalue weighted by Crippen LogP contribution is -2.34. The molecule has 0 spiro atoms. The Kier molecular flexibility index (Phi) is 5.76. The summed E-state index contributed by atoms with van der Waals surface area (Å²) < 4.78 is 14.1. The van der Waals surface area contributed by atoms with Gasteiger partial charge in [0, 0.05) is 11.6 Å². The van der Waals surface area contributed by atoms with Crippen molar-refractivity contribution in [2.24, 2.45) is 0 Å². The number of carbonyl (C=O) groups is 1. The lowest BCUT2D eigenvalue weighted by Gasteiger charge is -2.21. The van der Waals surface area contributed by atoms with Gasteiger partial charge in [0.25, 0.3) is 0 Å². The Hall–Kier alpha value is -2.56. The predicted octanol–water partition coefficient (Wildman–Crippen LogP) is 4.39. The predicted molar refractivity (Wildman–Crippen MR) is 101 cm³/mol. The molecule has 26 heavy (non-hydrogen) atoms. The van der Waals surface area contributed by atoms with Gasteiger partial charge in [-0.15, -0.1) is 0 Å². The van der Waals surface area contributed by atoms with Crippen LogP contribution in [0.25, 0.3) is 11.0 Å². The molecule has 2 aromatic carbocycles. The molecule has 0 aliphatic rings. The van der Waals surface area contributed by atoms with Gasteiger partial charge in [-0.3, -0.25) is 4.79 Å². The number of halogens is 2. The Morgan fingerprint density at radius 3 is 2.92 bits per heavy atom. The Bertz CT molecular complexity index is 985. The van der Waals surface area contributed by atoms with Crippen molar-refractivity contribution < 1.29 is 9.18 Å². The molecule has 3 aromatic rings. The van der Waals surface area contributed by atoms with E-state index in [0.29, 0.717) is 10.2 Å². The highest BCUT2D eigenvalue weighted by Crippen LogP contribution is 2.24. The number of nitrogens with zero attached hydrogens (tertiary/aromatic N) is 3. The molecule has 5 nitrogen and oxygen atoms in total. The zero-order chi connectivity index (χ0) is 18.5. The van der Waals surface area contributed by atoms with Crippen LogP contribution in [0.5, 0.6) is 0 Å². The van der Waals surface area contributed by atoms with Crippen LogP contribution in [-0.2, 0) is 4.79 Å². The van der Waals surface area contributed by atoms with Gasteiger partial charge >= 0.3 is 0 Å². The first-order chi connectivity index (χ1) is 12.6. The van der Waals surface area contributed by atoms with Crippen molar-refractivity contribution in [3.05, 3.63) is 53.3 Å². The highest BCUT2D eigenvalue weighted by Gasteiger charge is 2.19. The summed E-state index contributed by atoms with van der Waals surface area (Å²) in [5.41, 5.74) is 1.70. The maximum absolute atomic E-state index is 14.1. The Morgan fingerprint density at radius 2 is 2.15 bits per heavy atom. The highest BCUT2D eigenvalue weighted by atomic mass is 35.5. The number of benzene rings is 2. The van der Waals surface area contributed by atoms with E-state index in [1.807, 2.05) is 6.07 Å². The standard InChI is InChI=1S/C18H14ClFN4OS/c19-12-6-7-14-15(10-12)23-18(22-14)26-11-17(25)24(9-3-8-21)16-5-2-1-4-13(16)20/h1-2,4-7,10H,3,9,11H2,(H,22,23). The second kappa shape index (κ2) is 8.21. The van der Waals surface area contributed by atoms with Crippen LogP contribution in [0.15, 0.2) is 47.6 Å². The molecule has 0 unspecified atom stereocenters. The van der Waals surface area contributed by atoms with Gasteiger partial charge in [-0.1, -0.05) is 35.5 Å². The van der Waals surface area contributed by atoms with E-state index in [1.165, 1.54) is 28.8 Å². The van der Waals surface area contributed by atoms with Crippen LogP contribution in [0, 0.1) is 17.1 Å². The molecule has 1 aromatic heterocycles. The lowest BCUT2D eigenvalue weighted by molar-refractivity contribution is -0.116. The Labute approximate surface area is 158 Å². The van der Waals surface area contributed by atoms with E-state index in [1.54, 1.807) is 30.3 Å². The third-order valence-electron chi connectivity index (χ3n) is 3.65. The summed E-state index contributed by atoms with van der Waals surface area (Å²) in [6, 6.07) is 13.3. The topological polar surface area (TPSA) is 72.8 Å². The number of aromatic nitrogens is 2. The zero-order valence-electron chi connectivity index (χ0n) is 13.6. The molecule has 0 bridgehead atoms. The molecule has 0 saturated carbocycles. The average molecular weight is 389 g/mol.